The first-order chi connectivity index (χ1) is 15.3. The van der Waals surface area contributed by atoms with Crippen molar-refractivity contribution in [2.75, 3.05) is 26.8 Å². The third-order valence-electron chi connectivity index (χ3n) is 5.23. The van der Waals surface area contributed by atoms with E-state index in [9.17, 15) is 18.8 Å². The molecule has 0 bridgehead atoms. The van der Waals surface area contributed by atoms with Crippen LogP contribution in [0.3, 0.4) is 0 Å². The van der Waals surface area contributed by atoms with Crippen molar-refractivity contribution in [3.63, 3.8) is 0 Å². The Morgan fingerprint density at radius 3 is 2.50 bits per heavy atom. The summed E-state index contributed by atoms with van der Waals surface area (Å²) in [6, 6.07) is 5.67. The van der Waals surface area contributed by atoms with Gasteiger partial charge in [0.2, 0.25) is 0 Å². The topological polar surface area (TPSA) is 90.7 Å². The molecule has 0 spiro atoms. The van der Waals surface area contributed by atoms with E-state index in [1.54, 1.807) is 11.8 Å². The smallest absolute Gasteiger partial charge is 0.331 e. The molecular formula is C22H23ClFN3O5. The largest absolute Gasteiger partial charge is 0.469 e. The molecule has 0 N–H and O–H groups in total. The molecule has 1 aromatic heterocycles. The highest BCUT2D eigenvalue weighted by Gasteiger charge is 2.28. The van der Waals surface area contributed by atoms with Crippen molar-refractivity contribution < 1.29 is 28.2 Å². The Hall–Kier alpha value is -3.20. The normalized spacial score (nSPS) is 14.6. The molecule has 0 aliphatic carbocycles. The number of methoxy groups -OCH3 is 1. The molecule has 32 heavy (non-hydrogen) atoms. The number of halogens is 2. The van der Waals surface area contributed by atoms with Crippen LogP contribution in [0.5, 0.6) is 0 Å². The van der Waals surface area contributed by atoms with Crippen molar-refractivity contribution in [2.24, 2.45) is 5.92 Å². The molecule has 2 aromatic rings. The monoisotopic (exact) mass is 463 g/mol. The third kappa shape index (κ3) is 5.53. The molecule has 1 aromatic carbocycles. The van der Waals surface area contributed by atoms with E-state index in [0.29, 0.717) is 42.9 Å². The number of nitrogens with zero attached hydrogens (tertiary/aromatic N) is 3. The van der Waals surface area contributed by atoms with Gasteiger partial charge in [-0.2, -0.15) is 5.10 Å². The summed E-state index contributed by atoms with van der Waals surface area (Å²) in [6.07, 6.45) is 3.66. The number of piperidine rings is 1. The molecule has 10 heteroatoms. The van der Waals surface area contributed by atoms with Gasteiger partial charge in [0.25, 0.3) is 5.91 Å². The Labute approximate surface area is 189 Å². The van der Waals surface area contributed by atoms with Gasteiger partial charge >= 0.3 is 11.9 Å². The van der Waals surface area contributed by atoms with E-state index >= 15 is 0 Å². The summed E-state index contributed by atoms with van der Waals surface area (Å²) in [5.74, 6) is -1.89. The lowest BCUT2D eigenvalue weighted by Crippen LogP contribution is -2.42. The van der Waals surface area contributed by atoms with Crippen LogP contribution in [0, 0.1) is 18.7 Å². The van der Waals surface area contributed by atoms with Crippen molar-refractivity contribution in [2.45, 2.75) is 19.8 Å². The second kappa shape index (κ2) is 10.4. The Bertz CT molecular complexity index is 1030. The van der Waals surface area contributed by atoms with Crippen LogP contribution in [0.25, 0.3) is 11.8 Å². The number of benzene rings is 1. The summed E-state index contributed by atoms with van der Waals surface area (Å²) in [5.41, 5.74) is 1.64. The van der Waals surface area contributed by atoms with E-state index in [1.165, 1.54) is 48.2 Å². The molecule has 0 atom stereocenters. The molecule has 3 rings (SSSR count). The van der Waals surface area contributed by atoms with Crippen LogP contribution in [0.1, 0.15) is 24.1 Å². The maximum absolute atomic E-state index is 13.1. The standard InChI is InChI=1S/C22H23ClFN3O5/c1-14-18(21(23)27(25-14)17-5-3-16(24)4-6-17)7-8-20(29)32-13-19(28)26-11-9-15(10-12-26)22(30)31-2/h3-8,15H,9-13H2,1-2H3/b8-7+. The summed E-state index contributed by atoms with van der Waals surface area (Å²) in [5, 5.41) is 4.57. The number of carbonyl (C=O) groups is 3. The molecule has 2 heterocycles. The fraction of sp³-hybridized carbons (Fsp3) is 0.364. The van der Waals surface area contributed by atoms with Gasteiger partial charge in [-0.3, -0.25) is 9.59 Å². The fourth-order valence-electron chi connectivity index (χ4n) is 3.41. The number of aromatic nitrogens is 2. The van der Waals surface area contributed by atoms with Gasteiger partial charge < -0.3 is 14.4 Å². The van der Waals surface area contributed by atoms with Crippen LogP contribution in [0.15, 0.2) is 30.3 Å². The summed E-state index contributed by atoms with van der Waals surface area (Å²) < 4.78 is 24.3. The van der Waals surface area contributed by atoms with Crippen molar-refractivity contribution >= 4 is 35.5 Å². The maximum Gasteiger partial charge on any atom is 0.331 e. The van der Waals surface area contributed by atoms with Crippen molar-refractivity contribution in [1.29, 1.82) is 0 Å². The Morgan fingerprint density at radius 1 is 1.22 bits per heavy atom. The molecule has 1 aliphatic heterocycles. The predicted octanol–water partition coefficient (Wildman–Crippen LogP) is 2.94. The van der Waals surface area contributed by atoms with Crippen molar-refractivity contribution in [1.82, 2.24) is 14.7 Å². The first-order valence-electron chi connectivity index (χ1n) is 10.0. The van der Waals surface area contributed by atoms with E-state index in [-0.39, 0.29) is 28.8 Å². The number of esters is 2. The predicted molar refractivity (Wildman–Crippen MR) is 115 cm³/mol. The van der Waals surface area contributed by atoms with E-state index in [0.717, 1.165) is 0 Å². The number of rotatable bonds is 6. The van der Waals surface area contributed by atoms with E-state index in [2.05, 4.69) is 5.10 Å². The number of likely N-dealkylation sites (tertiary alicyclic amines) is 1. The Balaban J connectivity index is 1.54. The number of ether oxygens (including phenoxy) is 2. The average Bonchev–Trinajstić information content (AvgIpc) is 3.09. The van der Waals surface area contributed by atoms with Gasteiger partial charge in [0.1, 0.15) is 11.0 Å². The summed E-state index contributed by atoms with van der Waals surface area (Å²) in [4.78, 5) is 37.4. The van der Waals surface area contributed by atoms with E-state index < -0.39 is 12.6 Å². The highest BCUT2D eigenvalue weighted by Crippen LogP contribution is 2.25. The zero-order valence-electron chi connectivity index (χ0n) is 17.7. The maximum atomic E-state index is 13.1. The SMILES string of the molecule is COC(=O)C1CCN(C(=O)COC(=O)/C=C/c2c(C)nn(-c3ccc(F)cc3)c2Cl)CC1. The minimum Gasteiger partial charge on any atom is -0.469 e. The number of aryl methyl sites for hydroxylation is 1. The van der Waals surface area contributed by atoms with Gasteiger partial charge in [0.05, 0.1) is 24.4 Å². The molecular weight excluding hydrogens is 441 g/mol. The average molecular weight is 464 g/mol. The van der Waals surface area contributed by atoms with Crippen LogP contribution in [0.2, 0.25) is 5.15 Å². The van der Waals surface area contributed by atoms with Gasteiger partial charge in [-0.15, -0.1) is 0 Å². The van der Waals surface area contributed by atoms with Gasteiger partial charge in [-0.05, 0) is 50.1 Å². The van der Waals surface area contributed by atoms with Crippen LogP contribution in [-0.2, 0) is 23.9 Å². The second-order valence-electron chi connectivity index (χ2n) is 7.30. The molecule has 1 fully saturated rings. The van der Waals surface area contributed by atoms with Gasteiger partial charge in [0, 0.05) is 24.7 Å². The molecule has 0 unspecified atom stereocenters. The minimum absolute atomic E-state index is 0.210. The minimum atomic E-state index is -0.701. The zero-order chi connectivity index (χ0) is 23.3. The van der Waals surface area contributed by atoms with Crippen LogP contribution < -0.4 is 0 Å². The first kappa shape index (κ1) is 23.5. The van der Waals surface area contributed by atoms with Crippen LogP contribution >= 0.6 is 11.6 Å². The Morgan fingerprint density at radius 2 is 1.88 bits per heavy atom. The molecule has 1 saturated heterocycles. The van der Waals surface area contributed by atoms with Gasteiger partial charge in [-0.25, -0.2) is 13.9 Å². The van der Waals surface area contributed by atoms with Crippen LogP contribution in [-0.4, -0.2) is 59.3 Å². The van der Waals surface area contributed by atoms with E-state index in [4.69, 9.17) is 21.1 Å². The summed E-state index contributed by atoms with van der Waals surface area (Å²) in [6.45, 7) is 2.14. The lowest BCUT2D eigenvalue weighted by atomic mass is 9.97. The highest BCUT2D eigenvalue weighted by molar-refractivity contribution is 6.31. The lowest BCUT2D eigenvalue weighted by molar-refractivity contribution is -0.151. The van der Waals surface area contributed by atoms with Crippen molar-refractivity contribution in [3.8, 4) is 5.69 Å². The number of hydrogen-bond acceptors (Lipinski definition) is 6. The third-order valence-corrected chi connectivity index (χ3v) is 5.59. The highest BCUT2D eigenvalue weighted by atomic mass is 35.5. The summed E-state index contributed by atoms with van der Waals surface area (Å²) in [7, 11) is 1.34. The van der Waals surface area contributed by atoms with Crippen LogP contribution in [0.4, 0.5) is 4.39 Å². The number of amides is 1. The number of hydrogen-bond donors (Lipinski definition) is 0. The first-order valence-corrected chi connectivity index (χ1v) is 10.4. The van der Waals surface area contributed by atoms with Crippen molar-refractivity contribution in [3.05, 3.63) is 52.6 Å². The second-order valence-corrected chi connectivity index (χ2v) is 7.66. The van der Waals surface area contributed by atoms with E-state index in [1.807, 2.05) is 0 Å². The lowest BCUT2D eigenvalue weighted by Gasteiger charge is -2.30. The molecule has 1 aliphatic rings. The number of carbonyl (C=O) groups excluding carboxylic acids is 3. The zero-order valence-corrected chi connectivity index (χ0v) is 18.5. The Kier molecular flexibility index (Phi) is 7.63. The molecule has 8 nitrogen and oxygen atoms in total. The van der Waals surface area contributed by atoms with Gasteiger partial charge in [-0.1, -0.05) is 11.6 Å². The fourth-order valence-corrected chi connectivity index (χ4v) is 3.74. The van der Waals surface area contributed by atoms with Gasteiger partial charge in [0.15, 0.2) is 6.61 Å². The molecule has 170 valence electrons. The molecule has 0 saturated carbocycles. The quantitative estimate of drug-likeness (QED) is 0.483. The molecule has 1 amide bonds. The molecule has 0 radical (unpaired) electrons. The summed E-state index contributed by atoms with van der Waals surface area (Å²) >= 11 is 6.37.